The van der Waals surface area contributed by atoms with Crippen LogP contribution in [0.5, 0.6) is 0 Å². The number of hydrogen-bond donors (Lipinski definition) is 0. The number of alkyl halides is 1. The molecule has 1 unspecified atom stereocenters. The van der Waals surface area contributed by atoms with Gasteiger partial charge in [-0.3, -0.25) is 10.1 Å². The number of nitro groups is 1. The zero-order chi connectivity index (χ0) is 11.6. The molecule has 1 atom stereocenters. The number of nitrogens with zero attached hydrogens (tertiary/aromatic N) is 1. The first-order chi connectivity index (χ1) is 6.84. The summed E-state index contributed by atoms with van der Waals surface area (Å²) in [7, 11) is 0. The van der Waals surface area contributed by atoms with Crippen LogP contribution in [-0.2, 0) is 0 Å². The fourth-order valence-corrected chi connectivity index (χ4v) is 1.52. The maximum atomic E-state index is 10.8. The highest BCUT2D eigenvalue weighted by molar-refractivity contribution is 6.21. The van der Waals surface area contributed by atoms with E-state index in [1.165, 1.54) is 6.07 Å². The summed E-state index contributed by atoms with van der Waals surface area (Å²) in [6, 6.07) is 6.61. The van der Waals surface area contributed by atoms with Crippen LogP contribution in [0.3, 0.4) is 0 Å². The minimum atomic E-state index is -0.392. The van der Waals surface area contributed by atoms with Crippen molar-refractivity contribution in [1.82, 2.24) is 0 Å². The zero-order valence-corrected chi connectivity index (χ0v) is 9.78. The van der Waals surface area contributed by atoms with Gasteiger partial charge in [-0.2, -0.15) is 0 Å². The molecule has 0 saturated heterocycles. The van der Waals surface area contributed by atoms with E-state index >= 15 is 0 Å². The van der Waals surface area contributed by atoms with Gasteiger partial charge in [0.15, 0.2) is 0 Å². The standard InChI is InChI=1S/C11H14ClNO2/c1-11(2,3)10(12)8-6-4-5-7-9(8)13(14)15/h4-7,10H,1-3H3. The fraction of sp³-hybridized carbons (Fsp3) is 0.455. The summed E-state index contributed by atoms with van der Waals surface area (Å²) in [6.45, 7) is 5.88. The van der Waals surface area contributed by atoms with Gasteiger partial charge >= 0.3 is 0 Å². The molecule has 0 aliphatic carbocycles. The van der Waals surface area contributed by atoms with Crippen molar-refractivity contribution in [3.8, 4) is 0 Å². The van der Waals surface area contributed by atoms with Gasteiger partial charge in [-0.05, 0) is 5.41 Å². The molecule has 0 amide bonds. The summed E-state index contributed by atoms with van der Waals surface area (Å²) in [5.74, 6) is 0. The minimum Gasteiger partial charge on any atom is -0.258 e. The number of hydrogen-bond acceptors (Lipinski definition) is 2. The van der Waals surface area contributed by atoms with Gasteiger partial charge in [0.05, 0.1) is 10.3 Å². The summed E-state index contributed by atoms with van der Waals surface area (Å²) >= 11 is 6.23. The van der Waals surface area contributed by atoms with Crippen molar-refractivity contribution in [3.05, 3.63) is 39.9 Å². The van der Waals surface area contributed by atoms with Crippen LogP contribution >= 0.6 is 11.6 Å². The Hall–Kier alpha value is -1.09. The summed E-state index contributed by atoms with van der Waals surface area (Å²) < 4.78 is 0. The van der Waals surface area contributed by atoms with Crippen LogP contribution in [0, 0.1) is 15.5 Å². The average Bonchev–Trinajstić information content (AvgIpc) is 2.15. The molecule has 1 aromatic rings. The Labute approximate surface area is 94.2 Å². The highest BCUT2D eigenvalue weighted by Gasteiger charge is 2.29. The van der Waals surface area contributed by atoms with Crippen molar-refractivity contribution >= 4 is 17.3 Å². The highest BCUT2D eigenvalue weighted by atomic mass is 35.5. The van der Waals surface area contributed by atoms with Gasteiger partial charge < -0.3 is 0 Å². The average molecular weight is 228 g/mol. The molecule has 0 fully saturated rings. The van der Waals surface area contributed by atoms with Crippen LogP contribution in [0.4, 0.5) is 5.69 Å². The third-order valence-electron chi connectivity index (χ3n) is 2.17. The summed E-state index contributed by atoms with van der Waals surface area (Å²) in [6.07, 6.45) is 0. The van der Waals surface area contributed by atoms with Crippen molar-refractivity contribution in [2.45, 2.75) is 26.1 Å². The van der Waals surface area contributed by atoms with Crippen LogP contribution < -0.4 is 0 Å². The summed E-state index contributed by atoms with van der Waals surface area (Å²) in [5, 5.41) is 10.4. The van der Waals surface area contributed by atoms with Gasteiger partial charge in [0.25, 0.3) is 5.69 Å². The number of halogens is 1. The predicted octanol–water partition coefficient (Wildman–Crippen LogP) is 3.92. The monoisotopic (exact) mass is 227 g/mol. The molecule has 0 bridgehead atoms. The van der Waals surface area contributed by atoms with Crippen molar-refractivity contribution in [1.29, 1.82) is 0 Å². The Morgan fingerprint density at radius 2 is 1.87 bits per heavy atom. The van der Waals surface area contributed by atoms with Gasteiger partial charge in [0.1, 0.15) is 0 Å². The first kappa shape index (κ1) is 12.0. The van der Waals surface area contributed by atoms with Crippen LogP contribution in [0.2, 0.25) is 0 Å². The van der Waals surface area contributed by atoms with Crippen molar-refractivity contribution in [3.63, 3.8) is 0 Å². The largest absolute Gasteiger partial charge is 0.274 e. The molecule has 0 N–H and O–H groups in total. The molecule has 1 aromatic carbocycles. The molecule has 4 heteroatoms. The van der Waals surface area contributed by atoms with Gasteiger partial charge in [0.2, 0.25) is 0 Å². The number of rotatable bonds is 2. The number of nitro benzene ring substituents is 1. The maximum Gasteiger partial charge on any atom is 0.274 e. The van der Waals surface area contributed by atoms with Crippen molar-refractivity contribution < 1.29 is 4.92 Å². The molecule has 0 aromatic heterocycles. The Morgan fingerprint density at radius 1 is 1.33 bits per heavy atom. The summed E-state index contributed by atoms with van der Waals surface area (Å²) in [5.41, 5.74) is 0.470. The van der Waals surface area contributed by atoms with Gasteiger partial charge in [-0.1, -0.05) is 39.0 Å². The molecule has 0 radical (unpaired) electrons. The molecule has 3 nitrogen and oxygen atoms in total. The molecule has 1 rings (SSSR count). The lowest BCUT2D eigenvalue weighted by Gasteiger charge is -2.25. The maximum absolute atomic E-state index is 10.8. The second-order valence-corrected chi connectivity index (χ2v) is 4.98. The number of para-hydroxylation sites is 1. The van der Waals surface area contributed by atoms with Crippen molar-refractivity contribution in [2.24, 2.45) is 5.41 Å². The normalized spacial score (nSPS) is 13.6. The van der Waals surface area contributed by atoms with Gasteiger partial charge in [0, 0.05) is 11.6 Å². The lowest BCUT2D eigenvalue weighted by Crippen LogP contribution is -2.14. The third kappa shape index (κ3) is 2.69. The Bertz CT molecular complexity index is 371. The Kier molecular flexibility index (Phi) is 3.35. The minimum absolute atomic E-state index is 0.0902. The summed E-state index contributed by atoms with van der Waals surface area (Å²) in [4.78, 5) is 10.4. The molecule has 0 aliphatic rings. The van der Waals surface area contributed by atoms with E-state index in [0.29, 0.717) is 5.56 Å². The van der Waals surface area contributed by atoms with E-state index in [9.17, 15) is 10.1 Å². The van der Waals surface area contributed by atoms with Crippen LogP contribution in [0.25, 0.3) is 0 Å². The molecule has 0 spiro atoms. The van der Waals surface area contributed by atoms with Crippen LogP contribution in [-0.4, -0.2) is 4.92 Å². The first-order valence-electron chi connectivity index (χ1n) is 4.71. The molecule has 0 aliphatic heterocycles. The van der Waals surface area contributed by atoms with E-state index < -0.39 is 4.92 Å². The van der Waals surface area contributed by atoms with E-state index in [0.717, 1.165) is 0 Å². The molecule has 0 heterocycles. The van der Waals surface area contributed by atoms with E-state index in [4.69, 9.17) is 11.6 Å². The fourth-order valence-electron chi connectivity index (χ4n) is 1.33. The Morgan fingerprint density at radius 3 is 2.33 bits per heavy atom. The molecule has 0 saturated carbocycles. The second kappa shape index (κ2) is 4.19. The van der Waals surface area contributed by atoms with E-state index in [2.05, 4.69) is 0 Å². The van der Waals surface area contributed by atoms with Gasteiger partial charge in [-0.25, -0.2) is 0 Å². The van der Waals surface area contributed by atoms with E-state index in [1.807, 2.05) is 20.8 Å². The Balaban J connectivity index is 3.19. The quantitative estimate of drug-likeness (QED) is 0.437. The first-order valence-corrected chi connectivity index (χ1v) is 5.15. The third-order valence-corrected chi connectivity index (χ3v) is 3.06. The SMILES string of the molecule is CC(C)(C)C(Cl)c1ccccc1[N+](=O)[O-]. The van der Waals surface area contributed by atoms with E-state index in [1.54, 1.807) is 18.2 Å². The lowest BCUT2D eigenvalue weighted by atomic mass is 9.87. The molecular weight excluding hydrogens is 214 g/mol. The van der Waals surface area contributed by atoms with Crippen LogP contribution in [0.15, 0.2) is 24.3 Å². The smallest absolute Gasteiger partial charge is 0.258 e. The zero-order valence-electron chi connectivity index (χ0n) is 9.03. The number of benzene rings is 1. The van der Waals surface area contributed by atoms with Crippen LogP contribution in [0.1, 0.15) is 31.7 Å². The van der Waals surface area contributed by atoms with Crippen molar-refractivity contribution in [2.75, 3.05) is 0 Å². The second-order valence-electron chi connectivity index (χ2n) is 4.54. The topological polar surface area (TPSA) is 43.1 Å². The van der Waals surface area contributed by atoms with Gasteiger partial charge in [-0.15, -0.1) is 11.6 Å². The molecule has 15 heavy (non-hydrogen) atoms. The molecular formula is C11H14ClNO2. The molecule has 82 valence electrons. The van der Waals surface area contributed by atoms with E-state index in [-0.39, 0.29) is 16.5 Å². The lowest BCUT2D eigenvalue weighted by molar-refractivity contribution is -0.385. The highest BCUT2D eigenvalue weighted by Crippen LogP contribution is 2.41. The predicted molar refractivity (Wildman–Crippen MR) is 61.1 cm³/mol.